The van der Waals surface area contributed by atoms with Crippen LogP contribution in [0.5, 0.6) is 0 Å². The summed E-state index contributed by atoms with van der Waals surface area (Å²) in [5, 5.41) is 0. The van der Waals surface area contributed by atoms with Crippen LogP contribution in [0, 0.1) is 6.92 Å². The average Bonchev–Trinajstić information content (AvgIpc) is 3.21. The first-order chi connectivity index (χ1) is 16.5. The van der Waals surface area contributed by atoms with Gasteiger partial charge in [0.05, 0.1) is 17.6 Å². The highest BCUT2D eigenvalue weighted by Gasteiger charge is 2.30. The topological polar surface area (TPSA) is 67.7 Å². The molecule has 0 N–H and O–H groups in total. The Morgan fingerprint density at radius 3 is 2.65 bits per heavy atom. The second-order valence-corrected chi connectivity index (χ2v) is 9.82. The van der Waals surface area contributed by atoms with Crippen molar-refractivity contribution in [3.8, 4) is 0 Å². The van der Waals surface area contributed by atoms with Crippen molar-refractivity contribution in [2.75, 3.05) is 26.2 Å². The number of benzene rings is 1. The highest BCUT2D eigenvalue weighted by molar-refractivity contribution is 5.79. The molecule has 1 atom stereocenters. The number of fused-ring (bicyclic) bond motifs is 1. The predicted molar refractivity (Wildman–Crippen MR) is 134 cm³/mol. The third kappa shape index (κ3) is 5.39. The first kappa shape index (κ1) is 24.6. The maximum atomic E-state index is 13.3. The van der Waals surface area contributed by atoms with Crippen LogP contribution in [0.4, 0.5) is 4.79 Å². The molecular formula is C27H40N4O3. The zero-order valence-corrected chi connectivity index (χ0v) is 21.1. The van der Waals surface area contributed by atoms with E-state index >= 15 is 0 Å². The fourth-order valence-electron chi connectivity index (χ4n) is 5.76. The minimum atomic E-state index is -0.244. The molecule has 1 unspecified atom stereocenters. The van der Waals surface area contributed by atoms with Crippen LogP contribution in [0.3, 0.4) is 0 Å². The first-order valence-electron chi connectivity index (χ1n) is 13.2. The maximum absolute atomic E-state index is 13.3. The summed E-state index contributed by atoms with van der Waals surface area (Å²) in [6.45, 7) is 9.12. The molecule has 1 aliphatic heterocycles. The third-order valence-corrected chi connectivity index (χ3v) is 7.47. The van der Waals surface area contributed by atoms with E-state index in [0.29, 0.717) is 32.2 Å². The lowest BCUT2D eigenvalue weighted by Gasteiger charge is -2.34. The minimum Gasteiger partial charge on any atom is -0.450 e. The number of amides is 2. The Kier molecular flexibility index (Phi) is 8.11. The number of aryl methyl sites for hydroxylation is 2. The molecule has 1 aromatic heterocycles. The minimum absolute atomic E-state index is 0.140. The maximum Gasteiger partial charge on any atom is 0.409 e. The molecule has 0 spiro atoms. The van der Waals surface area contributed by atoms with Crippen LogP contribution in [-0.2, 0) is 16.1 Å². The summed E-state index contributed by atoms with van der Waals surface area (Å²) in [4.78, 5) is 34.6. The molecule has 2 heterocycles. The van der Waals surface area contributed by atoms with Gasteiger partial charge in [-0.15, -0.1) is 0 Å². The molecule has 1 aliphatic carbocycles. The third-order valence-electron chi connectivity index (χ3n) is 7.47. The van der Waals surface area contributed by atoms with Gasteiger partial charge in [0.1, 0.15) is 5.82 Å². The van der Waals surface area contributed by atoms with Gasteiger partial charge in [-0.3, -0.25) is 4.79 Å². The number of rotatable bonds is 7. The van der Waals surface area contributed by atoms with E-state index in [2.05, 4.69) is 41.5 Å². The lowest BCUT2D eigenvalue weighted by Crippen LogP contribution is -2.42. The molecule has 4 rings (SSSR count). The normalized spacial score (nSPS) is 19.4. The second-order valence-electron chi connectivity index (χ2n) is 9.82. The summed E-state index contributed by atoms with van der Waals surface area (Å²) < 4.78 is 7.49. The van der Waals surface area contributed by atoms with E-state index in [9.17, 15) is 9.59 Å². The van der Waals surface area contributed by atoms with E-state index in [1.807, 2.05) is 6.92 Å². The van der Waals surface area contributed by atoms with E-state index in [4.69, 9.17) is 9.72 Å². The fourth-order valence-corrected chi connectivity index (χ4v) is 5.76. The Bertz CT molecular complexity index is 995. The van der Waals surface area contributed by atoms with Crippen LogP contribution in [0.15, 0.2) is 18.2 Å². The molecule has 0 bridgehead atoms. The standard InChI is InChI=1S/C27H40N4O3/c1-4-30(22-11-7-6-8-12-22)25(32)15-17-31-24-14-13-20(3)18-23(24)28-26(31)21-10-9-16-29(19-21)27(33)34-5-2/h13-14,18,21-22H,4-12,15-17,19H2,1-3H3. The van der Waals surface area contributed by atoms with Crippen molar-refractivity contribution in [2.45, 2.75) is 90.6 Å². The fraction of sp³-hybridized carbons (Fsp3) is 0.667. The second kappa shape index (κ2) is 11.2. The predicted octanol–water partition coefficient (Wildman–Crippen LogP) is 5.25. The summed E-state index contributed by atoms with van der Waals surface area (Å²) in [7, 11) is 0. The van der Waals surface area contributed by atoms with E-state index < -0.39 is 0 Å². The van der Waals surface area contributed by atoms with Crippen LogP contribution in [0.1, 0.15) is 82.5 Å². The summed E-state index contributed by atoms with van der Waals surface area (Å²) in [6, 6.07) is 6.74. The summed E-state index contributed by atoms with van der Waals surface area (Å²) in [6.07, 6.45) is 8.14. The van der Waals surface area contributed by atoms with Crippen molar-refractivity contribution in [2.24, 2.45) is 0 Å². The van der Waals surface area contributed by atoms with Gasteiger partial charge in [0.25, 0.3) is 0 Å². The molecule has 2 aliphatic rings. The summed E-state index contributed by atoms with van der Waals surface area (Å²) in [5.41, 5.74) is 3.21. The molecule has 186 valence electrons. The van der Waals surface area contributed by atoms with Gasteiger partial charge >= 0.3 is 6.09 Å². The summed E-state index contributed by atoms with van der Waals surface area (Å²) in [5.74, 6) is 1.37. The number of aromatic nitrogens is 2. The molecule has 1 saturated heterocycles. The zero-order chi connectivity index (χ0) is 24.1. The number of hydrogen-bond donors (Lipinski definition) is 0. The molecule has 0 radical (unpaired) electrons. The monoisotopic (exact) mass is 468 g/mol. The van der Waals surface area contributed by atoms with Gasteiger partial charge in [-0.25, -0.2) is 9.78 Å². The molecule has 2 aromatic rings. The van der Waals surface area contributed by atoms with Crippen LogP contribution >= 0.6 is 0 Å². The van der Waals surface area contributed by atoms with E-state index in [-0.39, 0.29) is 17.9 Å². The molecule has 7 nitrogen and oxygen atoms in total. The number of carbonyl (C=O) groups excluding carboxylic acids is 2. The molecule has 1 aromatic carbocycles. The van der Waals surface area contributed by atoms with Gasteiger partial charge in [0.15, 0.2) is 0 Å². The van der Waals surface area contributed by atoms with Crippen molar-refractivity contribution < 1.29 is 14.3 Å². The van der Waals surface area contributed by atoms with Crippen LogP contribution < -0.4 is 0 Å². The van der Waals surface area contributed by atoms with Crippen LogP contribution in [0.2, 0.25) is 0 Å². The van der Waals surface area contributed by atoms with Crippen molar-refractivity contribution >= 4 is 23.0 Å². The Morgan fingerprint density at radius 1 is 1.12 bits per heavy atom. The van der Waals surface area contributed by atoms with Gasteiger partial charge in [0, 0.05) is 44.6 Å². The Labute approximate surface area is 203 Å². The average molecular weight is 469 g/mol. The van der Waals surface area contributed by atoms with Gasteiger partial charge < -0.3 is 19.1 Å². The lowest BCUT2D eigenvalue weighted by atomic mass is 9.94. The molecule has 1 saturated carbocycles. The van der Waals surface area contributed by atoms with Crippen molar-refractivity contribution in [3.05, 3.63) is 29.6 Å². The molecule has 2 amide bonds. The number of likely N-dealkylation sites (tertiary alicyclic amines) is 1. The van der Waals surface area contributed by atoms with Crippen molar-refractivity contribution in [1.82, 2.24) is 19.4 Å². The molecule has 7 heteroatoms. The highest BCUT2D eigenvalue weighted by Crippen LogP contribution is 2.31. The van der Waals surface area contributed by atoms with Crippen molar-refractivity contribution in [3.63, 3.8) is 0 Å². The van der Waals surface area contributed by atoms with E-state index in [0.717, 1.165) is 55.6 Å². The Hall–Kier alpha value is -2.57. The lowest BCUT2D eigenvalue weighted by molar-refractivity contribution is -0.134. The quantitative estimate of drug-likeness (QED) is 0.556. The number of piperidine rings is 1. The summed E-state index contributed by atoms with van der Waals surface area (Å²) >= 11 is 0. The number of nitrogens with zero attached hydrogens (tertiary/aromatic N) is 4. The zero-order valence-electron chi connectivity index (χ0n) is 21.1. The Morgan fingerprint density at radius 2 is 1.91 bits per heavy atom. The SMILES string of the molecule is CCOC(=O)N1CCCC(c2nc3cc(C)ccc3n2CCC(=O)N(CC)C2CCCCC2)C1. The largest absolute Gasteiger partial charge is 0.450 e. The molecule has 34 heavy (non-hydrogen) atoms. The first-order valence-corrected chi connectivity index (χ1v) is 13.2. The van der Waals surface area contributed by atoms with Gasteiger partial charge in [-0.05, 0) is 64.2 Å². The van der Waals surface area contributed by atoms with Crippen LogP contribution in [0.25, 0.3) is 11.0 Å². The van der Waals surface area contributed by atoms with E-state index in [1.54, 1.807) is 4.90 Å². The van der Waals surface area contributed by atoms with Gasteiger partial charge in [-0.1, -0.05) is 25.3 Å². The highest BCUT2D eigenvalue weighted by atomic mass is 16.6. The van der Waals surface area contributed by atoms with Gasteiger partial charge in [0.2, 0.25) is 5.91 Å². The van der Waals surface area contributed by atoms with Gasteiger partial charge in [-0.2, -0.15) is 0 Å². The number of hydrogen-bond acceptors (Lipinski definition) is 4. The Balaban J connectivity index is 1.55. The van der Waals surface area contributed by atoms with E-state index in [1.165, 1.54) is 24.8 Å². The number of imidazole rings is 1. The molecular weight excluding hydrogens is 428 g/mol. The van der Waals surface area contributed by atoms with Crippen molar-refractivity contribution in [1.29, 1.82) is 0 Å². The number of ether oxygens (including phenoxy) is 1. The number of carbonyl (C=O) groups is 2. The molecule has 2 fully saturated rings. The van der Waals surface area contributed by atoms with Crippen LogP contribution in [-0.4, -0.2) is 63.6 Å². The smallest absolute Gasteiger partial charge is 0.409 e.